The summed E-state index contributed by atoms with van der Waals surface area (Å²) in [4.78, 5) is 40.0. The summed E-state index contributed by atoms with van der Waals surface area (Å²) in [5.41, 5.74) is 18.7. The van der Waals surface area contributed by atoms with Crippen LogP contribution in [0.3, 0.4) is 0 Å². The fraction of sp³-hybridized carbons (Fsp3) is 0.444. The Balaban J connectivity index is 2.03. The van der Waals surface area contributed by atoms with Crippen LogP contribution in [0.25, 0.3) is 0 Å². The minimum atomic E-state index is -4.79. The molecule has 2 aromatic carbocycles. The van der Waals surface area contributed by atoms with Gasteiger partial charge in [-0.25, -0.2) is 0 Å². The highest BCUT2D eigenvalue weighted by molar-refractivity contribution is 5.93. The summed E-state index contributed by atoms with van der Waals surface area (Å²) >= 11 is 0. The third kappa shape index (κ3) is 11.8. The Kier molecular flexibility index (Phi) is 12.9. The summed E-state index contributed by atoms with van der Waals surface area (Å²) in [7, 11) is 0. The lowest BCUT2D eigenvalue weighted by molar-refractivity contribution is -0.274. The van der Waals surface area contributed by atoms with Crippen LogP contribution >= 0.6 is 0 Å². The van der Waals surface area contributed by atoms with Crippen LogP contribution in [-0.2, 0) is 27.2 Å². The Morgan fingerprint density at radius 2 is 1.49 bits per heavy atom. The van der Waals surface area contributed by atoms with Gasteiger partial charge in [0.2, 0.25) is 11.8 Å². The molecule has 39 heavy (non-hydrogen) atoms. The molecular weight excluding hydrogens is 515 g/mol. The monoisotopic (exact) mass is 551 g/mol. The quantitative estimate of drug-likeness (QED) is 0.247. The van der Waals surface area contributed by atoms with Crippen molar-refractivity contribution < 1.29 is 32.3 Å². The Hall–Kier alpha value is -3.48. The molecule has 0 heterocycles. The number of ether oxygens (including phenoxy) is 1. The Bertz CT molecular complexity index is 1050. The van der Waals surface area contributed by atoms with E-state index >= 15 is 0 Å². The molecule has 2 amide bonds. The third-order valence-electron chi connectivity index (χ3n) is 5.97. The first-order valence-electron chi connectivity index (χ1n) is 12.7. The van der Waals surface area contributed by atoms with Crippen LogP contribution in [0, 0.1) is 0 Å². The largest absolute Gasteiger partial charge is 0.573 e. The lowest BCUT2D eigenvalue weighted by atomic mass is 9.97. The number of nitrogens with zero attached hydrogens (tertiary/aromatic N) is 1. The van der Waals surface area contributed by atoms with Gasteiger partial charge in [-0.15, -0.1) is 13.2 Å². The number of carbonyl (C=O) groups excluding carboxylic acids is 3. The maximum absolute atomic E-state index is 13.1. The molecule has 0 spiro atoms. The maximum Gasteiger partial charge on any atom is 0.573 e. The molecule has 0 radical (unpaired) electrons. The topological polar surface area (TPSA) is 154 Å². The lowest BCUT2D eigenvalue weighted by Gasteiger charge is -2.24. The van der Waals surface area contributed by atoms with Crippen LogP contribution in [0.1, 0.15) is 30.4 Å². The van der Waals surface area contributed by atoms with Crippen LogP contribution in [-0.4, -0.2) is 67.1 Å². The van der Waals surface area contributed by atoms with E-state index < -0.39 is 24.4 Å². The Morgan fingerprint density at radius 3 is 2.05 bits per heavy atom. The van der Waals surface area contributed by atoms with E-state index in [1.54, 1.807) is 0 Å². The number of alkyl halides is 3. The van der Waals surface area contributed by atoms with Gasteiger partial charge < -0.3 is 32.2 Å². The van der Waals surface area contributed by atoms with Crippen molar-refractivity contribution in [2.45, 2.75) is 50.6 Å². The predicted octanol–water partition coefficient (Wildman–Crippen LogP) is 1.67. The zero-order chi connectivity index (χ0) is 28.8. The molecule has 0 saturated heterocycles. The maximum atomic E-state index is 13.1. The molecule has 0 saturated carbocycles. The molecule has 2 atom stereocenters. The minimum absolute atomic E-state index is 0.0359. The number of nitrogens with one attached hydrogen (secondary N) is 1. The fourth-order valence-corrected chi connectivity index (χ4v) is 3.93. The van der Waals surface area contributed by atoms with E-state index in [2.05, 4.69) is 10.1 Å². The smallest absolute Gasteiger partial charge is 0.406 e. The highest BCUT2D eigenvalue weighted by Crippen LogP contribution is 2.23. The van der Waals surface area contributed by atoms with Crippen LogP contribution in [0.5, 0.6) is 5.75 Å². The molecule has 0 bridgehead atoms. The molecule has 9 nitrogen and oxygen atoms in total. The molecule has 0 aromatic heterocycles. The van der Waals surface area contributed by atoms with E-state index in [9.17, 15) is 27.6 Å². The van der Waals surface area contributed by atoms with Gasteiger partial charge in [0.25, 0.3) is 0 Å². The molecule has 0 fully saturated rings. The van der Waals surface area contributed by atoms with Gasteiger partial charge in [0.1, 0.15) is 5.75 Å². The van der Waals surface area contributed by atoms with E-state index in [1.807, 2.05) is 30.3 Å². The van der Waals surface area contributed by atoms with Gasteiger partial charge in [-0.1, -0.05) is 42.5 Å². The molecular formula is C27H36F3N5O4. The highest BCUT2D eigenvalue weighted by Gasteiger charge is 2.31. The van der Waals surface area contributed by atoms with Crippen LogP contribution < -0.4 is 27.3 Å². The number of rotatable bonds is 16. The van der Waals surface area contributed by atoms with Gasteiger partial charge in [-0.3, -0.25) is 14.4 Å². The van der Waals surface area contributed by atoms with Crippen molar-refractivity contribution in [3.05, 3.63) is 65.7 Å². The second-order valence-electron chi connectivity index (χ2n) is 9.01. The van der Waals surface area contributed by atoms with E-state index in [1.165, 1.54) is 29.2 Å². The molecule has 2 rings (SSSR count). The van der Waals surface area contributed by atoms with Crippen LogP contribution in [0.2, 0.25) is 0 Å². The van der Waals surface area contributed by atoms with Crippen molar-refractivity contribution in [3.8, 4) is 5.75 Å². The first-order chi connectivity index (χ1) is 18.5. The number of hydrogen-bond donors (Lipinski definition) is 4. The van der Waals surface area contributed by atoms with E-state index in [4.69, 9.17) is 17.2 Å². The van der Waals surface area contributed by atoms with E-state index in [0.29, 0.717) is 18.4 Å². The summed E-state index contributed by atoms with van der Waals surface area (Å²) in [5.74, 6) is -1.62. The van der Waals surface area contributed by atoms with Crippen molar-refractivity contribution >= 4 is 17.6 Å². The molecule has 2 aromatic rings. The zero-order valence-corrected chi connectivity index (χ0v) is 21.7. The summed E-state index contributed by atoms with van der Waals surface area (Å²) in [6.45, 7) is 1.04. The van der Waals surface area contributed by atoms with E-state index in [-0.39, 0.29) is 62.9 Å². The molecule has 0 aliphatic carbocycles. The van der Waals surface area contributed by atoms with Gasteiger partial charge in [0.15, 0.2) is 5.78 Å². The lowest BCUT2D eigenvalue weighted by Crippen LogP contribution is -2.51. The minimum Gasteiger partial charge on any atom is -0.406 e. The van der Waals surface area contributed by atoms with Crippen molar-refractivity contribution in [3.63, 3.8) is 0 Å². The molecule has 0 aliphatic rings. The van der Waals surface area contributed by atoms with Crippen molar-refractivity contribution in [2.24, 2.45) is 17.2 Å². The number of nitrogens with two attached hydrogens (primary N) is 3. The number of hydrogen-bond acceptors (Lipinski definition) is 7. The summed E-state index contributed by atoms with van der Waals surface area (Å²) in [6.07, 6.45) is -3.96. The van der Waals surface area contributed by atoms with Crippen LogP contribution in [0.15, 0.2) is 54.6 Å². The average Bonchev–Trinajstić information content (AvgIpc) is 2.89. The second kappa shape index (κ2) is 15.8. The van der Waals surface area contributed by atoms with Gasteiger partial charge in [-0.2, -0.15) is 0 Å². The predicted molar refractivity (Wildman–Crippen MR) is 140 cm³/mol. The Morgan fingerprint density at radius 1 is 0.897 bits per heavy atom. The summed E-state index contributed by atoms with van der Waals surface area (Å²) in [6, 6.07) is 12.6. The summed E-state index contributed by atoms with van der Waals surface area (Å²) < 4.78 is 41.0. The number of ketones is 1. The zero-order valence-electron chi connectivity index (χ0n) is 21.7. The van der Waals surface area contributed by atoms with Gasteiger partial charge in [0.05, 0.1) is 18.5 Å². The first-order valence-corrected chi connectivity index (χ1v) is 12.7. The number of benzene rings is 2. The number of Topliss-reactive ketones (excluding diaryl/α,β-unsaturated/α-hetero) is 1. The molecule has 12 heteroatoms. The van der Waals surface area contributed by atoms with Gasteiger partial charge >= 0.3 is 6.36 Å². The molecule has 214 valence electrons. The van der Waals surface area contributed by atoms with Crippen molar-refractivity contribution in [1.29, 1.82) is 0 Å². The standard InChI is InChI=1S/C27H36F3N5O4/c28-27(29,30)39-21-10-6-20(7-11-21)9-13-24(36)23(12-8-19-4-2-1-3-5-19)34-26(38)22(33)18-25(37)35(16-14-31)17-15-32/h1-7,10-11,22-23H,8-9,12-18,31-33H2,(H,34,38)/t22-,23-/m0/s1. The number of halogens is 3. The fourth-order valence-electron chi connectivity index (χ4n) is 3.93. The van der Waals surface area contributed by atoms with Crippen LogP contribution in [0.4, 0.5) is 13.2 Å². The molecule has 0 unspecified atom stereocenters. The third-order valence-corrected chi connectivity index (χ3v) is 5.97. The van der Waals surface area contributed by atoms with E-state index in [0.717, 1.165) is 5.56 Å². The van der Waals surface area contributed by atoms with Crippen molar-refractivity contribution in [2.75, 3.05) is 26.2 Å². The normalized spacial score (nSPS) is 12.9. The second-order valence-corrected chi connectivity index (χ2v) is 9.01. The van der Waals surface area contributed by atoms with Gasteiger partial charge in [-0.05, 0) is 42.5 Å². The number of amides is 2. The first kappa shape index (κ1) is 31.7. The van der Waals surface area contributed by atoms with Gasteiger partial charge in [0, 0.05) is 32.6 Å². The molecule has 7 N–H and O–H groups in total. The average molecular weight is 552 g/mol. The highest BCUT2D eigenvalue weighted by atomic mass is 19.4. The summed E-state index contributed by atoms with van der Waals surface area (Å²) in [5, 5.41) is 2.69. The number of aryl methyl sites for hydroxylation is 2. The SMILES string of the molecule is NCCN(CCN)C(=O)C[C@H](N)C(=O)N[C@@H](CCc1ccccc1)C(=O)CCc1ccc(OC(F)(F)F)cc1. The van der Waals surface area contributed by atoms with Crippen molar-refractivity contribution in [1.82, 2.24) is 10.2 Å². The molecule has 0 aliphatic heterocycles. The Labute approximate surface area is 225 Å². The number of carbonyl (C=O) groups is 3.